The number of H-pyrrole nitrogens is 1. The Kier molecular flexibility index (Phi) is 6.34. The molecular formula is C18H19N3O5S. The highest BCUT2D eigenvalue weighted by Gasteiger charge is 2.18. The summed E-state index contributed by atoms with van der Waals surface area (Å²) in [5, 5.41) is 9.79. The molecule has 0 atom stereocenters. The molecule has 1 saturated heterocycles. The fraction of sp³-hybridized carbons (Fsp3) is 0.389. The molecule has 1 aromatic heterocycles. The van der Waals surface area contributed by atoms with E-state index in [-0.39, 0.29) is 11.9 Å². The maximum atomic E-state index is 12.1. The summed E-state index contributed by atoms with van der Waals surface area (Å²) in [7, 11) is 1.54. The Balaban J connectivity index is 1.89. The van der Waals surface area contributed by atoms with Crippen LogP contribution in [-0.2, 0) is 9.47 Å². The number of nitrogens with zero attached hydrogens (tertiary/aromatic N) is 2. The highest BCUT2D eigenvalue weighted by molar-refractivity contribution is 7.98. The second-order valence-electron chi connectivity index (χ2n) is 5.58. The lowest BCUT2D eigenvalue weighted by atomic mass is 10.1. The number of hydrogen-bond donors (Lipinski definition) is 1. The van der Waals surface area contributed by atoms with Crippen LogP contribution in [0.25, 0.3) is 11.3 Å². The van der Waals surface area contributed by atoms with Crippen LogP contribution in [0.5, 0.6) is 11.5 Å². The zero-order valence-corrected chi connectivity index (χ0v) is 15.8. The number of thioether (sulfide) groups is 1. The van der Waals surface area contributed by atoms with Crippen LogP contribution in [0.3, 0.4) is 0 Å². The molecule has 1 N–H and O–H groups in total. The van der Waals surface area contributed by atoms with Gasteiger partial charge in [-0.2, -0.15) is 5.26 Å². The van der Waals surface area contributed by atoms with E-state index in [1.54, 1.807) is 31.6 Å². The van der Waals surface area contributed by atoms with E-state index in [0.29, 0.717) is 54.2 Å². The van der Waals surface area contributed by atoms with Crippen molar-refractivity contribution in [1.29, 1.82) is 5.26 Å². The number of aromatic nitrogens is 2. The smallest absolute Gasteiger partial charge is 0.270 e. The third kappa shape index (κ3) is 4.42. The first-order chi connectivity index (χ1) is 13.2. The van der Waals surface area contributed by atoms with Crippen LogP contribution in [0.15, 0.2) is 28.2 Å². The zero-order valence-electron chi connectivity index (χ0n) is 15.0. The molecular weight excluding hydrogens is 370 g/mol. The molecule has 0 unspecified atom stereocenters. The van der Waals surface area contributed by atoms with E-state index in [2.05, 4.69) is 9.97 Å². The van der Waals surface area contributed by atoms with Crippen molar-refractivity contribution in [1.82, 2.24) is 9.97 Å². The maximum absolute atomic E-state index is 12.1. The third-order valence-corrected chi connectivity index (χ3v) is 4.52. The molecule has 0 spiro atoms. The van der Waals surface area contributed by atoms with Crippen molar-refractivity contribution >= 4 is 11.8 Å². The molecule has 142 valence electrons. The predicted molar refractivity (Wildman–Crippen MR) is 99.1 cm³/mol. The molecule has 3 rings (SSSR count). The van der Waals surface area contributed by atoms with Gasteiger partial charge in [0.25, 0.3) is 5.56 Å². The topological polar surface area (TPSA) is 106 Å². The Morgan fingerprint density at radius 3 is 2.81 bits per heavy atom. The van der Waals surface area contributed by atoms with Crippen molar-refractivity contribution < 1.29 is 18.9 Å². The van der Waals surface area contributed by atoms with Crippen LogP contribution in [0.2, 0.25) is 0 Å². The molecule has 0 aliphatic carbocycles. The van der Waals surface area contributed by atoms with Crippen molar-refractivity contribution in [2.45, 2.75) is 17.9 Å². The summed E-state index contributed by atoms with van der Waals surface area (Å²) in [4.78, 5) is 19.1. The Morgan fingerprint density at radius 2 is 2.15 bits per heavy atom. The van der Waals surface area contributed by atoms with E-state index in [0.717, 1.165) is 0 Å². The van der Waals surface area contributed by atoms with Gasteiger partial charge in [-0.15, -0.1) is 0 Å². The molecule has 8 nitrogen and oxygen atoms in total. The van der Waals surface area contributed by atoms with Crippen molar-refractivity contribution in [2.24, 2.45) is 0 Å². The molecule has 2 heterocycles. The standard InChI is InChI=1S/C18H19N3O5S/c1-23-13-4-3-11(9-14(13)24-6-5-15-25-7-8-26-15)16-12(10-19)17(22)21-18(20-16)27-2/h3-4,9,15H,5-8H2,1-2H3,(H,20,21,22). The Bertz CT molecular complexity index is 903. The lowest BCUT2D eigenvalue weighted by molar-refractivity contribution is -0.0532. The third-order valence-electron chi connectivity index (χ3n) is 3.94. The van der Waals surface area contributed by atoms with E-state index in [9.17, 15) is 10.1 Å². The number of aromatic amines is 1. The normalized spacial score (nSPS) is 14.1. The van der Waals surface area contributed by atoms with E-state index >= 15 is 0 Å². The van der Waals surface area contributed by atoms with Gasteiger partial charge in [-0.05, 0) is 24.5 Å². The van der Waals surface area contributed by atoms with Crippen LogP contribution in [0.1, 0.15) is 12.0 Å². The molecule has 0 saturated carbocycles. The Hall–Kier alpha value is -2.54. The van der Waals surface area contributed by atoms with Crippen LogP contribution in [0, 0.1) is 11.3 Å². The number of nitriles is 1. The number of benzene rings is 1. The second-order valence-corrected chi connectivity index (χ2v) is 6.38. The summed E-state index contributed by atoms with van der Waals surface area (Å²) < 4.78 is 21.9. The highest BCUT2D eigenvalue weighted by atomic mass is 32.2. The number of rotatable bonds is 7. The van der Waals surface area contributed by atoms with Crippen LogP contribution >= 0.6 is 11.8 Å². The molecule has 0 radical (unpaired) electrons. The minimum absolute atomic E-state index is 0.0447. The van der Waals surface area contributed by atoms with Gasteiger partial charge in [0.15, 0.2) is 22.9 Å². The van der Waals surface area contributed by atoms with Crippen LogP contribution in [-0.4, -0.2) is 49.4 Å². The molecule has 2 aromatic rings. The van der Waals surface area contributed by atoms with Gasteiger partial charge in [-0.3, -0.25) is 4.79 Å². The minimum Gasteiger partial charge on any atom is -0.493 e. The molecule has 1 aliphatic rings. The van der Waals surface area contributed by atoms with Gasteiger partial charge in [0.1, 0.15) is 11.6 Å². The van der Waals surface area contributed by atoms with Crippen molar-refractivity contribution in [3.05, 3.63) is 34.1 Å². The number of nitrogens with one attached hydrogen (secondary N) is 1. The number of hydrogen-bond acceptors (Lipinski definition) is 8. The first kappa shape index (κ1) is 19.2. The zero-order chi connectivity index (χ0) is 19.2. The van der Waals surface area contributed by atoms with Gasteiger partial charge >= 0.3 is 0 Å². The molecule has 1 aromatic carbocycles. The SMILES string of the molecule is COc1ccc(-c2nc(SC)[nH]c(=O)c2C#N)cc1OCCC1OCCO1. The molecule has 1 aliphatic heterocycles. The van der Waals surface area contributed by atoms with Gasteiger partial charge in [0.05, 0.1) is 32.6 Å². The summed E-state index contributed by atoms with van der Waals surface area (Å²) >= 11 is 1.29. The molecule has 0 amide bonds. The summed E-state index contributed by atoms with van der Waals surface area (Å²) in [6.45, 7) is 1.55. The van der Waals surface area contributed by atoms with Crippen LogP contribution < -0.4 is 15.0 Å². The number of ether oxygens (including phenoxy) is 4. The fourth-order valence-electron chi connectivity index (χ4n) is 2.64. The average Bonchev–Trinajstić information content (AvgIpc) is 3.20. The predicted octanol–water partition coefficient (Wildman–Crippen LogP) is 2.18. The van der Waals surface area contributed by atoms with Crippen molar-refractivity contribution in [2.75, 3.05) is 33.2 Å². The van der Waals surface area contributed by atoms with Gasteiger partial charge in [-0.25, -0.2) is 4.98 Å². The van der Waals surface area contributed by atoms with Gasteiger partial charge in [-0.1, -0.05) is 11.8 Å². The number of methoxy groups -OCH3 is 1. The lowest BCUT2D eigenvalue weighted by Gasteiger charge is -2.14. The fourth-order valence-corrected chi connectivity index (χ4v) is 3.01. The van der Waals surface area contributed by atoms with Crippen molar-refractivity contribution in [3.63, 3.8) is 0 Å². The van der Waals surface area contributed by atoms with E-state index in [4.69, 9.17) is 18.9 Å². The largest absolute Gasteiger partial charge is 0.493 e. The minimum atomic E-state index is -0.472. The molecule has 1 fully saturated rings. The molecule has 27 heavy (non-hydrogen) atoms. The first-order valence-corrected chi connectivity index (χ1v) is 9.51. The maximum Gasteiger partial charge on any atom is 0.270 e. The van der Waals surface area contributed by atoms with Crippen molar-refractivity contribution in [3.8, 4) is 28.8 Å². The Morgan fingerprint density at radius 1 is 1.37 bits per heavy atom. The van der Waals surface area contributed by atoms with Crippen LogP contribution in [0.4, 0.5) is 0 Å². The highest BCUT2D eigenvalue weighted by Crippen LogP contribution is 2.33. The average molecular weight is 389 g/mol. The lowest BCUT2D eigenvalue weighted by Crippen LogP contribution is -2.15. The van der Waals surface area contributed by atoms with Gasteiger partial charge in [0.2, 0.25) is 0 Å². The monoisotopic (exact) mass is 389 g/mol. The summed E-state index contributed by atoms with van der Waals surface area (Å²) in [6.07, 6.45) is 2.11. The quantitative estimate of drug-likeness (QED) is 0.567. The van der Waals surface area contributed by atoms with Gasteiger partial charge < -0.3 is 23.9 Å². The second kappa shape index (κ2) is 8.90. The summed E-state index contributed by atoms with van der Waals surface area (Å²) in [5.41, 5.74) is 0.384. The molecule has 9 heteroatoms. The molecule has 0 bridgehead atoms. The van der Waals surface area contributed by atoms with E-state index in [1.807, 2.05) is 6.07 Å². The summed E-state index contributed by atoms with van der Waals surface area (Å²) in [6, 6.07) is 7.09. The summed E-state index contributed by atoms with van der Waals surface area (Å²) in [5.74, 6) is 1.03. The van der Waals surface area contributed by atoms with E-state index < -0.39 is 5.56 Å². The van der Waals surface area contributed by atoms with E-state index in [1.165, 1.54) is 11.8 Å². The van der Waals surface area contributed by atoms with Gasteiger partial charge in [0, 0.05) is 12.0 Å². The Labute approximate surface area is 160 Å². The first-order valence-electron chi connectivity index (χ1n) is 8.29.